The van der Waals surface area contributed by atoms with E-state index in [1.807, 2.05) is 0 Å². The van der Waals surface area contributed by atoms with Crippen molar-refractivity contribution in [3.63, 3.8) is 0 Å². The number of rotatable bonds is 13. The van der Waals surface area contributed by atoms with E-state index in [1.54, 1.807) is 24.3 Å². The smallest absolute Gasteiger partial charge is 0.220 e. The summed E-state index contributed by atoms with van der Waals surface area (Å²) in [5.74, 6) is -2.29. The van der Waals surface area contributed by atoms with Crippen molar-refractivity contribution >= 4 is 52.9 Å². The van der Waals surface area contributed by atoms with Crippen molar-refractivity contribution in [1.82, 2.24) is 10.3 Å². The summed E-state index contributed by atoms with van der Waals surface area (Å²) in [4.78, 5) is 57.2. The number of fused-ring (bicyclic) bond motifs is 1. The predicted octanol–water partition coefficient (Wildman–Crippen LogP) is 0.717. The van der Waals surface area contributed by atoms with Gasteiger partial charge in [-0.3, -0.25) is 29.2 Å². The first kappa shape index (κ1) is 25.8. The molecule has 0 aliphatic carbocycles. The maximum atomic E-state index is 12.6. The normalized spacial score (nSPS) is 11.5. The summed E-state index contributed by atoms with van der Waals surface area (Å²) in [7, 11) is 0. The van der Waals surface area contributed by atoms with Crippen LogP contribution in [0.1, 0.15) is 42.5 Å². The molecule has 2 amide bonds. The van der Waals surface area contributed by atoms with Crippen LogP contribution in [0.3, 0.4) is 0 Å². The summed E-state index contributed by atoms with van der Waals surface area (Å²) in [5.41, 5.74) is 16.9. The highest BCUT2D eigenvalue weighted by Crippen LogP contribution is 2.23. The van der Waals surface area contributed by atoms with E-state index < -0.39 is 17.7 Å². The second-order valence-corrected chi connectivity index (χ2v) is 8.00. The first-order valence-electron chi connectivity index (χ1n) is 10.4. The Morgan fingerprint density at radius 1 is 1.09 bits per heavy atom. The van der Waals surface area contributed by atoms with E-state index in [0.717, 1.165) is 0 Å². The molecule has 0 radical (unpaired) electrons. The Kier molecular flexibility index (Phi) is 9.80. The number of hydrogen-bond donors (Lipinski definition) is 5. The number of nitrogens with one attached hydrogen (secondary N) is 1. The number of pyridine rings is 1. The number of thiol groups is 1. The van der Waals surface area contributed by atoms with E-state index >= 15 is 0 Å². The lowest BCUT2D eigenvalue weighted by Gasteiger charge is -2.12. The zero-order chi connectivity index (χ0) is 24.4. The van der Waals surface area contributed by atoms with Crippen LogP contribution in [0.25, 0.3) is 10.9 Å². The lowest BCUT2D eigenvalue weighted by atomic mass is 9.96. The molecule has 0 saturated carbocycles. The van der Waals surface area contributed by atoms with Crippen LogP contribution in [-0.4, -0.2) is 47.4 Å². The number of para-hydroxylation sites is 1. The molecule has 10 nitrogen and oxygen atoms in total. The Bertz CT molecular complexity index is 1070. The molecule has 2 rings (SSSR count). The molecular weight excluding hydrogens is 444 g/mol. The molecule has 176 valence electrons. The van der Waals surface area contributed by atoms with Crippen molar-refractivity contribution in [2.75, 3.05) is 13.1 Å². The van der Waals surface area contributed by atoms with Crippen molar-refractivity contribution in [3.05, 3.63) is 36.0 Å². The first-order chi connectivity index (χ1) is 15.7. The number of carbonyl (C=O) groups is 4. The Morgan fingerprint density at radius 3 is 2.55 bits per heavy atom. The molecule has 1 aromatic heterocycles. The number of amides is 2. The van der Waals surface area contributed by atoms with Gasteiger partial charge in [-0.1, -0.05) is 12.1 Å². The summed E-state index contributed by atoms with van der Waals surface area (Å²) in [5, 5.41) is 3.16. The van der Waals surface area contributed by atoms with Gasteiger partial charge in [-0.15, -0.1) is 12.6 Å². The summed E-state index contributed by atoms with van der Waals surface area (Å²) in [6, 6.07) is 6.95. The average molecular weight is 473 g/mol. The van der Waals surface area contributed by atoms with Gasteiger partial charge in [0.15, 0.2) is 17.5 Å². The van der Waals surface area contributed by atoms with Crippen molar-refractivity contribution in [1.29, 1.82) is 0 Å². The van der Waals surface area contributed by atoms with Crippen LogP contribution in [0.2, 0.25) is 0 Å². The quantitative estimate of drug-likeness (QED) is 0.0934. The van der Waals surface area contributed by atoms with E-state index in [9.17, 15) is 19.2 Å². The maximum Gasteiger partial charge on any atom is 0.220 e. The van der Waals surface area contributed by atoms with Crippen molar-refractivity contribution < 1.29 is 19.2 Å². The number of hydrogen-bond acceptors (Lipinski definition) is 7. The van der Waals surface area contributed by atoms with E-state index in [4.69, 9.17) is 17.2 Å². The third-order valence-corrected chi connectivity index (χ3v) is 5.35. The van der Waals surface area contributed by atoms with Gasteiger partial charge in [0.2, 0.25) is 11.8 Å². The molecular formula is C22H28N6O4S. The molecule has 1 heterocycles. The molecule has 0 unspecified atom stereocenters. The minimum absolute atomic E-state index is 0.0232. The van der Waals surface area contributed by atoms with Crippen LogP contribution in [0.15, 0.2) is 40.4 Å². The van der Waals surface area contributed by atoms with Gasteiger partial charge in [0.1, 0.15) is 0 Å². The third-order valence-electron chi connectivity index (χ3n) is 4.99. The number of primary amides is 1. The minimum Gasteiger partial charge on any atom is -0.370 e. The van der Waals surface area contributed by atoms with E-state index in [-0.39, 0.29) is 43.3 Å². The number of nitrogens with zero attached hydrogens (tertiary/aromatic N) is 2. The molecule has 0 saturated heterocycles. The third kappa shape index (κ3) is 8.19. The number of aromatic nitrogens is 1. The highest BCUT2D eigenvalue weighted by molar-refractivity contribution is 7.80. The largest absolute Gasteiger partial charge is 0.370 e. The minimum atomic E-state index is -0.665. The van der Waals surface area contributed by atoms with E-state index in [1.165, 1.54) is 6.20 Å². The maximum absolute atomic E-state index is 12.6. The van der Waals surface area contributed by atoms with Crippen LogP contribution in [0, 0.1) is 5.92 Å². The molecule has 33 heavy (non-hydrogen) atoms. The van der Waals surface area contributed by atoms with Gasteiger partial charge >= 0.3 is 0 Å². The molecule has 1 aromatic carbocycles. The van der Waals surface area contributed by atoms with Gasteiger partial charge < -0.3 is 22.5 Å². The highest BCUT2D eigenvalue weighted by Gasteiger charge is 2.20. The number of ketones is 2. The average Bonchev–Trinajstić information content (AvgIpc) is 2.77. The lowest BCUT2D eigenvalue weighted by Crippen LogP contribution is -2.33. The second-order valence-electron chi connectivity index (χ2n) is 7.52. The Balaban J connectivity index is 1.81. The van der Waals surface area contributed by atoms with E-state index in [0.29, 0.717) is 40.7 Å². The molecule has 2 aromatic rings. The zero-order valence-corrected chi connectivity index (χ0v) is 19.0. The monoisotopic (exact) mass is 472 g/mol. The number of aliphatic imine (C=N–C) groups is 1. The Labute approximate surface area is 196 Å². The number of benzene rings is 1. The molecule has 0 aliphatic heterocycles. The standard InChI is InChI=1S/C22H28N6O4S/c23-21(32)13(3-2-9-27-22(24)25)11-14(29)12-28-19(31)7-6-17(30)15-8-10-26-20-16(15)4-1-5-18(20)33/h1,4-5,8,10,13,33H,2-3,6-7,9,11-12H2,(H2,23,32)(H,28,31)(H4,24,25,27)/t13-/m1/s1. The van der Waals surface area contributed by atoms with Crippen LogP contribution in [0.5, 0.6) is 0 Å². The number of guanidine groups is 1. The van der Waals surface area contributed by atoms with Gasteiger partial charge in [0, 0.05) is 53.8 Å². The molecule has 0 spiro atoms. The molecule has 1 atom stereocenters. The van der Waals surface area contributed by atoms with Crippen LogP contribution < -0.4 is 22.5 Å². The number of carbonyl (C=O) groups excluding carboxylic acids is 4. The molecule has 11 heteroatoms. The molecule has 7 N–H and O–H groups in total. The summed E-state index contributed by atoms with van der Waals surface area (Å²) in [6.45, 7) is 0.0824. The number of Topliss-reactive ketones (excluding diaryl/α,β-unsaturated/α-hetero) is 2. The Hall–Kier alpha value is -3.47. The fourth-order valence-corrected chi connectivity index (χ4v) is 3.55. The van der Waals surface area contributed by atoms with Gasteiger partial charge in [-0.2, -0.15) is 0 Å². The topological polar surface area (TPSA) is 184 Å². The SMILES string of the molecule is NC(=O)[C@H](CCCN=C(N)N)CC(=O)CNC(=O)CCC(=O)c1ccnc2c(S)cccc12. The molecule has 0 bridgehead atoms. The predicted molar refractivity (Wildman–Crippen MR) is 128 cm³/mol. The van der Waals surface area contributed by atoms with E-state index in [2.05, 4.69) is 27.9 Å². The Morgan fingerprint density at radius 2 is 1.85 bits per heavy atom. The van der Waals surface area contributed by atoms with Crippen molar-refractivity contribution in [2.24, 2.45) is 28.1 Å². The highest BCUT2D eigenvalue weighted by atomic mass is 32.1. The van der Waals surface area contributed by atoms with Gasteiger partial charge in [0.25, 0.3) is 0 Å². The summed E-state index contributed by atoms with van der Waals surface area (Å²) in [6.07, 6.45) is 2.19. The van der Waals surface area contributed by atoms with Gasteiger partial charge in [-0.25, -0.2) is 0 Å². The fraction of sp³-hybridized carbons (Fsp3) is 0.364. The van der Waals surface area contributed by atoms with Gasteiger partial charge in [0.05, 0.1) is 12.1 Å². The van der Waals surface area contributed by atoms with Crippen molar-refractivity contribution in [2.45, 2.75) is 37.0 Å². The van der Waals surface area contributed by atoms with Crippen LogP contribution in [-0.2, 0) is 14.4 Å². The van der Waals surface area contributed by atoms with Crippen LogP contribution >= 0.6 is 12.6 Å². The van der Waals surface area contributed by atoms with Crippen molar-refractivity contribution in [3.8, 4) is 0 Å². The lowest BCUT2D eigenvalue weighted by molar-refractivity contribution is -0.128. The van der Waals surface area contributed by atoms with Gasteiger partial charge in [-0.05, 0) is 25.0 Å². The molecule has 0 aliphatic rings. The van der Waals surface area contributed by atoms with Crippen LogP contribution in [0.4, 0.5) is 0 Å². The summed E-state index contributed by atoms with van der Waals surface area (Å²) < 4.78 is 0. The fourth-order valence-electron chi connectivity index (χ4n) is 3.29. The zero-order valence-electron chi connectivity index (χ0n) is 18.1. The number of nitrogens with two attached hydrogens (primary N) is 3. The molecule has 0 fully saturated rings. The first-order valence-corrected chi connectivity index (χ1v) is 10.9. The second kappa shape index (κ2) is 12.5. The summed E-state index contributed by atoms with van der Waals surface area (Å²) >= 11 is 4.35.